The van der Waals surface area contributed by atoms with Crippen molar-refractivity contribution < 1.29 is 24.2 Å². The van der Waals surface area contributed by atoms with Crippen molar-refractivity contribution in [2.45, 2.75) is 38.6 Å². The van der Waals surface area contributed by atoms with Crippen molar-refractivity contribution in [3.05, 3.63) is 70.8 Å². The van der Waals surface area contributed by atoms with E-state index in [2.05, 4.69) is 25.7 Å². The Labute approximate surface area is 213 Å². The first-order valence-electron chi connectivity index (χ1n) is 12.5. The van der Waals surface area contributed by atoms with Crippen LogP contribution in [0.25, 0.3) is 5.76 Å². The van der Waals surface area contributed by atoms with E-state index in [9.17, 15) is 14.7 Å². The van der Waals surface area contributed by atoms with Gasteiger partial charge in [0.25, 0.3) is 11.7 Å². The van der Waals surface area contributed by atoms with E-state index in [0.717, 1.165) is 37.2 Å². The Hall–Kier alpha value is -3.16. The molecule has 36 heavy (non-hydrogen) atoms. The van der Waals surface area contributed by atoms with E-state index in [1.54, 1.807) is 36.3 Å². The Balaban J connectivity index is 1.68. The highest BCUT2D eigenvalue weighted by Gasteiger charge is 2.45. The molecule has 2 aromatic rings. The molecule has 2 aliphatic heterocycles. The summed E-state index contributed by atoms with van der Waals surface area (Å²) in [4.78, 5) is 30.4. The molecule has 2 aliphatic rings. The third kappa shape index (κ3) is 5.47. The van der Waals surface area contributed by atoms with Crippen molar-refractivity contribution in [1.29, 1.82) is 0 Å². The topological polar surface area (TPSA) is 79.3 Å². The fourth-order valence-corrected chi connectivity index (χ4v) is 4.82. The number of benzene rings is 2. The Morgan fingerprint density at radius 2 is 1.64 bits per heavy atom. The van der Waals surface area contributed by atoms with Gasteiger partial charge in [-0.05, 0) is 47.2 Å². The minimum Gasteiger partial charge on any atom is -0.507 e. The Morgan fingerprint density at radius 3 is 2.22 bits per heavy atom. The van der Waals surface area contributed by atoms with Gasteiger partial charge in [-0.2, -0.15) is 0 Å². The quantitative estimate of drug-likeness (QED) is 0.356. The fraction of sp³-hybridized carbons (Fsp3) is 0.448. The Morgan fingerprint density at radius 1 is 1.00 bits per heavy atom. The molecule has 1 N–H and O–H groups in total. The van der Waals surface area contributed by atoms with Gasteiger partial charge in [0.1, 0.15) is 11.5 Å². The molecule has 0 saturated carbocycles. The number of aliphatic hydroxyl groups excluding tert-OH is 1. The molecule has 192 valence electrons. The number of amides is 1. The lowest BCUT2D eigenvalue weighted by Gasteiger charge is -2.29. The average molecular weight is 493 g/mol. The number of carbonyl (C=O) groups excluding carboxylic acids is 2. The van der Waals surface area contributed by atoms with Crippen LogP contribution < -0.4 is 4.74 Å². The maximum Gasteiger partial charge on any atom is 0.295 e. The second kappa shape index (κ2) is 10.8. The molecule has 1 atom stereocenters. The van der Waals surface area contributed by atoms with Crippen molar-refractivity contribution in [2.24, 2.45) is 0 Å². The number of hydrogen-bond donors (Lipinski definition) is 1. The number of methoxy groups -OCH3 is 1. The molecule has 7 nitrogen and oxygen atoms in total. The van der Waals surface area contributed by atoms with E-state index in [-0.39, 0.29) is 16.7 Å². The highest BCUT2D eigenvalue weighted by molar-refractivity contribution is 6.46. The Bertz CT molecular complexity index is 1110. The normalized spacial score (nSPS) is 20.7. The first kappa shape index (κ1) is 25.9. The molecule has 1 amide bonds. The minimum atomic E-state index is -0.653. The van der Waals surface area contributed by atoms with E-state index < -0.39 is 17.7 Å². The maximum absolute atomic E-state index is 13.3. The standard InChI is InChI=1S/C29H36N2O5/c1-29(2,3)22-10-6-20(7-11-22)25-24(26(32)21-8-12-23(35-4)13-9-21)27(33)28(34)31(25)15-5-14-30-16-18-36-19-17-30/h6-13,25,32H,5,14-19H2,1-4H3/t25-/m1/s1. The van der Waals surface area contributed by atoms with Crippen LogP contribution in [0.1, 0.15) is 49.9 Å². The van der Waals surface area contributed by atoms with Gasteiger partial charge >= 0.3 is 0 Å². The highest BCUT2D eigenvalue weighted by Crippen LogP contribution is 2.40. The van der Waals surface area contributed by atoms with Crippen molar-refractivity contribution in [3.8, 4) is 5.75 Å². The summed E-state index contributed by atoms with van der Waals surface area (Å²) in [5.74, 6) is -0.752. The number of rotatable bonds is 7. The molecule has 7 heteroatoms. The largest absolute Gasteiger partial charge is 0.507 e. The number of carbonyl (C=O) groups is 2. The molecule has 0 spiro atoms. The summed E-state index contributed by atoms with van der Waals surface area (Å²) in [5, 5.41) is 11.3. The van der Waals surface area contributed by atoms with E-state index >= 15 is 0 Å². The third-order valence-corrected chi connectivity index (χ3v) is 6.97. The van der Waals surface area contributed by atoms with E-state index in [0.29, 0.717) is 31.1 Å². The smallest absolute Gasteiger partial charge is 0.295 e. The summed E-state index contributed by atoms with van der Waals surface area (Å²) < 4.78 is 10.6. The predicted molar refractivity (Wildman–Crippen MR) is 139 cm³/mol. The SMILES string of the molecule is COc1ccc(C(O)=C2C(=O)C(=O)N(CCCN3CCOCC3)[C@@H]2c2ccc(C(C)(C)C)cc2)cc1. The summed E-state index contributed by atoms with van der Waals surface area (Å²) >= 11 is 0. The van der Waals surface area contributed by atoms with Crippen LogP contribution >= 0.6 is 0 Å². The summed E-state index contributed by atoms with van der Waals surface area (Å²) in [5.41, 5.74) is 2.54. The molecule has 0 aromatic heterocycles. The van der Waals surface area contributed by atoms with Crippen molar-refractivity contribution >= 4 is 17.4 Å². The molecule has 0 unspecified atom stereocenters. The summed E-state index contributed by atoms with van der Waals surface area (Å²) in [6.07, 6.45) is 0.728. The monoisotopic (exact) mass is 492 g/mol. The third-order valence-electron chi connectivity index (χ3n) is 6.97. The number of ether oxygens (including phenoxy) is 2. The van der Waals surface area contributed by atoms with Gasteiger partial charge in [0.2, 0.25) is 0 Å². The number of likely N-dealkylation sites (tertiary alicyclic amines) is 1. The van der Waals surface area contributed by atoms with Gasteiger partial charge in [0.05, 0.1) is 31.9 Å². The first-order chi connectivity index (χ1) is 17.2. The molecule has 0 aliphatic carbocycles. The van der Waals surface area contributed by atoms with Crippen LogP contribution in [0.4, 0.5) is 0 Å². The summed E-state index contributed by atoms with van der Waals surface area (Å²) in [7, 11) is 1.57. The maximum atomic E-state index is 13.3. The van der Waals surface area contributed by atoms with Crippen LogP contribution in [-0.4, -0.2) is 73.1 Å². The zero-order valence-electron chi connectivity index (χ0n) is 21.6. The van der Waals surface area contributed by atoms with Crippen molar-refractivity contribution in [2.75, 3.05) is 46.5 Å². The summed E-state index contributed by atoms with van der Waals surface area (Å²) in [6, 6.07) is 14.2. The Kier molecular flexibility index (Phi) is 7.81. The van der Waals surface area contributed by atoms with E-state index in [4.69, 9.17) is 9.47 Å². The molecule has 2 fully saturated rings. The van der Waals surface area contributed by atoms with Gasteiger partial charge in [-0.3, -0.25) is 14.5 Å². The zero-order chi connectivity index (χ0) is 25.9. The van der Waals surface area contributed by atoms with Crippen LogP contribution in [0, 0.1) is 0 Å². The molecule has 0 bridgehead atoms. The summed E-state index contributed by atoms with van der Waals surface area (Å²) in [6.45, 7) is 10.8. The highest BCUT2D eigenvalue weighted by atomic mass is 16.5. The molecule has 2 aromatic carbocycles. The number of aliphatic hydroxyl groups is 1. The molecule has 4 rings (SSSR count). The van der Waals surface area contributed by atoms with Gasteiger partial charge < -0.3 is 19.5 Å². The molecular formula is C29H36N2O5. The molecule has 0 radical (unpaired) electrons. The van der Waals surface area contributed by atoms with Gasteiger partial charge in [0, 0.05) is 31.7 Å². The first-order valence-corrected chi connectivity index (χ1v) is 12.5. The van der Waals surface area contributed by atoms with Crippen molar-refractivity contribution in [1.82, 2.24) is 9.80 Å². The average Bonchev–Trinajstić information content (AvgIpc) is 3.13. The van der Waals surface area contributed by atoms with E-state index in [1.807, 2.05) is 24.3 Å². The van der Waals surface area contributed by atoms with E-state index in [1.165, 1.54) is 0 Å². The van der Waals surface area contributed by atoms with Gasteiger partial charge in [-0.1, -0.05) is 45.0 Å². The number of hydrogen-bond acceptors (Lipinski definition) is 6. The second-order valence-corrected chi connectivity index (χ2v) is 10.4. The van der Waals surface area contributed by atoms with Crippen molar-refractivity contribution in [3.63, 3.8) is 0 Å². The lowest BCUT2D eigenvalue weighted by atomic mass is 9.85. The molecule has 2 heterocycles. The van der Waals surface area contributed by atoms with Crippen LogP contribution in [0.15, 0.2) is 54.1 Å². The predicted octanol–water partition coefficient (Wildman–Crippen LogP) is 4.14. The van der Waals surface area contributed by atoms with Crippen LogP contribution in [0.5, 0.6) is 5.75 Å². The lowest BCUT2D eigenvalue weighted by Crippen LogP contribution is -2.39. The van der Waals surface area contributed by atoms with Gasteiger partial charge in [0.15, 0.2) is 0 Å². The number of nitrogens with zero attached hydrogens (tertiary/aromatic N) is 2. The zero-order valence-corrected chi connectivity index (χ0v) is 21.6. The van der Waals surface area contributed by atoms with Gasteiger partial charge in [-0.25, -0.2) is 0 Å². The second-order valence-electron chi connectivity index (χ2n) is 10.4. The number of Topliss-reactive ketones (excluding diaryl/α,β-unsaturated/α-hetero) is 1. The van der Waals surface area contributed by atoms with Crippen LogP contribution in [0.2, 0.25) is 0 Å². The lowest BCUT2D eigenvalue weighted by molar-refractivity contribution is -0.140. The number of morpholine rings is 1. The van der Waals surface area contributed by atoms with Crippen LogP contribution in [-0.2, 0) is 19.7 Å². The van der Waals surface area contributed by atoms with Gasteiger partial charge in [-0.15, -0.1) is 0 Å². The minimum absolute atomic E-state index is 0.0262. The molecular weight excluding hydrogens is 456 g/mol. The molecule has 2 saturated heterocycles. The number of ketones is 1. The van der Waals surface area contributed by atoms with Crippen LogP contribution in [0.3, 0.4) is 0 Å². The fourth-order valence-electron chi connectivity index (χ4n) is 4.82.